The summed E-state index contributed by atoms with van der Waals surface area (Å²) in [6, 6.07) is 17.1. The summed E-state index contributed by atoms with van der Waals surface area (Å²) in [5.41, 5.74) is 4.90. The van der Waals surface area contributed by atoms with E-state index in [4.69, 9.17) is 0 Å². The number of hydrogen-bond donors (Lipinski definition) is 0. The van der Waals surface area contributed by atoms with Crippen molar-refractivity contribution in [1.29, 1.82) is 0 Å². The van der Waals surface area contributed by atoms with Crippen molar-refractivity contribution < 1.29 is 0 Å². The van der Waals surface area contributed by atoms with Gasteiger partial charge in [0.25, 0.3) is 0 Å². The molecule has 2 heteroatoms. The summed E-state index contributed by atoms with van der Waals surface area (Å²) in [4.78, 5) is 0. The van der Waals surface area contributed by atoms with Crippen molar-refractivity contribution in [2.75, 3.05) is 0 Å². The zero-order valence-electron chi connectivity index (χ0n) is 16.1. The fraction of sp³-hybridized carbons (Fsp3) is 0.333. The number of nitrogens with zero attached hydrogens (tertiary/aromatic N) is 2. The molecule has 2 aromatic carbocycles. The van der Waals surface area contributed by atoms with Gasteiger partial charge in [0.05, 0.1) is 12.4 Å². The van der Waals surface area contributed by atoms with Gasteiger partial charge in [-0.25, -0.2) is 0 Å². The van der Waals surface area contributed by atoms with Crippen molar-refractivity contribution in [3.05, 3.63) is 82.9 Å². The molecule has 2 rings (SSSR count). The van der Waals surface area contributed by atoms with Crippen LogP contribution in [0.2, 0.25) is 0 Å². The van der Waals surface area contributed by atoms with E-state index in [1.807, 2.05) is 0 Å². The number of aryl methyl sites for hydroxylation is 2. The van der Waals surface area contributed by atoms with E-state index in [9.17, 15) is 0 Å². The lowest BCUT2D eigenvalue weighted by Gasteiger charge is -2.00. The average molecular weight is 347 g/mol. The number of unbranched alkanes of at least 4 members (excludes halogenated alkanes) is 2. The van der Waals surface area contributed by atoms with Crippen molar-refractivity contribution in [2.45, 2.75) is 52.4 Å². The van der Waals surface area contributed by atoms with Crippen LogP contribution in [0.5, 0.6) is 0 Å². The SMILES string of the molecule is C/C=C/CCc1ccc(/C=N/N=C/c2ccc(CCCCC)cc2)cc1. The highest BCUT2D eigenvalue weighted by Gasteiger charge is 1.94. The Morgan fingerprint density at radius 1 is 0.731 bits per heavy atom. The molecule has 0 radical (unpaired) electrons. The van der Waals surface area contributed by atoms with Crippen LogP contribution in [0.15, 0.2) is 70.9 Å². The Hall–Kier alpha value is -2.48. The molecule has 2 nitrogen and oxygen atoms in total. The van der Waals surface area contributed by atoms with Gasteiger partial charge in [-0.1, -0.05) is 80.4 Å². The summed E-state index contributed by atoms with van der Waals surface area (Å²) < 4.78 is 0. The topological polar surface area (TPSA) is 24.7 Å². The van der Waals surface area contributed by atoms with Crippen LogP contribution < -0.4 is 0 Å². The van der Waals surface area contributed by atoms with Gasteiger partial charge in [0.2, 0.25) is 0 Å². The molecule has 0 saturated carbocycles. The summed E-state index contributed by atoms with van der Waals surface area (Å²) >= 11 is 0. The highest BCUT2D eigenvalue weighted by molar-refractivity contribution is 5.82. The largest absolute Gasteiger partial charge is 0.159 e. The Balaban J connectivity index is 1.81. The highest BCUT2D eigenvalue weighted by atomic mass is 15.2. The second kappa shape index (κ2) is 12.0. The molecule has 0 fully saturated rings. The Labute approximate surface area is 158 Å². The van der Waals surface area contributed by atoms with E-state index in [0.29, 0.717) is 0 Å². The molecule has 0 aliphatic rings. The van der Waals surface area contributed by atoms with Crippen LogP contribution >= 0.6 is 0 Å². The zero-order chi connectivity index (χ0) is 18.5. The Bertz CT molecular complexity index is 707. The molecule has 0 amide bonds. The van der Waals surface area contributed by atoms with Gasteiger partial charge in [0.1, 0.15) is 0 Å². The summed E-state index contributed by atoms with van der Waals surface area (Å²) in [5, 5.41) is 8.32. The third kappa shape index (κ3) is 7.60. The third-order valence-corrected chi connectivity index (χ3v) is 4.34. The first kappa shape index (κ1) is 19.8. The Kier molecular flexibility index (Phi) is 9.13. The standard InChI is InChI=1S/C24H30N2/c1-3-5-7-9-21-11-15-23(16-12-21)19-25-26-20-24-17-13-22(14-18-24)10-8-6-4-2/h3,5,11-20H,4,6-10H2,1-2H3/b5-3+,25-19+,26-20+. The molecular weight excluding hydrogens is 316 g/mol. The van der Waals surface area contributed by atoms with Gasteiger partial charge in [-0.2, -0.15) is 10.2 Å². The van der Waals surface area contributed by atoms with E-state index in [2.05, 4.69) is 84.7 Å². The van der Waals surface area contributed by atoms with Gasteiger partial charge >= 0.3 is 0 Å². The van der Waals surface area contributed by atoms with Crippen LogP contribution in [-0.4, -0.2) is 12.4 Å². The molecule has 0 aliphatic carbocycles. The normalized spacial score (nSPS) is 11.9. The van der Waals surface area contributed by atoms with Crippen molar-refractivity contribution in [1.82, 2.24) is 0 Å². The summed E-state index contributed by atoms with van der Waals surface area (Å²) in [6.07, 6.45) is 15.1. The summed E-state index contributed by atoms with van der Waals surface area (Å²) in [5.74, 6) is 0. The maximum atomic E-state index is 4.16. The molecule has 0 heterocycles. The van der Waals surface area contributed by atoms with Crippen LogP contribution in [0.1, 0.15) is 61.8 Å². The van der Waals surface area contributed by atoms with Crippen LogP contribution in [0.4, 0.5) is 0 Å². The van der Waals surface area contributed by atoms with Gasteiger partial charge in [-0.15, -0.1) is 0 Å². The van der Waals surface area contributed by atoms with E-state index in [1.165, 1.54) is 30.4 Å². The lowest BCUT2D eigenvalue weighted by Crippen LogP contribution is -1.87. The first-order valence-electron chi connectivity index (χ1n) is 9.67. The van der Waals surface area contributed by atoms with Gasteiger partial charge < -0.3 is 0 Å². The molecule has 0 aliphatic heterocycles. The van der Waals surface area contributed by atoms with Crippen molar-refractivity contribution in [2.24, 2.45) is 10.2 Å². The predicted octanol–water partition coefficient (Wildman–Crippen LogP) is 6.38. The minimum absolute atomic E-state index is 1.07. The van der Waals surface area contributed by atoms with E-state index < -0.39 is 0 Å². The molecular formula is C24H30N2. The zero-order valence-corrected chi connectivity index (χ0v) is 16.1. The van der Waals surface area contributed by atoms with Gasteiger partial charge in [-0.05, 0) is 54.9 Å². The second-order valence-corrected chi connectivity index (χ2v) is 6.54. The quantitative estimate of drug-likeness (QED) is 0.206. The van der Waals surface area contributed by atoms with E-state index in [1.54, 1.807) is 12.4 Å². The molecule has 0 unspecified atom stereocenters. The minimum Gasteiger partial charge on any atom is -0.159 e. The average Bonchev–Trinajstić information content (AvgIpc) is 2.68. The minimum atomic E-state index is 1.07. The molecule has 136 valence electrons. The van der Waals surface area contributed by atoms with Crippen LogP contribution in [0.3, 0.4) is 0 Å². The van der Waals surface area contributed by atoms with Gasteiger partial charge in [0.15, 0.2) is 0 Å². The lowest BCUT2D eigenvalue weighted by molar-refractivity contribution is 0.717. The fourth-order valence-corrected chi connectivity index (χ4v) is 2.74. The van der Waals surface area contributed by atoms with E-state index >= 15 is 0 Å². The van der Waals surface area contributed by atoms with Crippen molar-refractivity contribution in [3.63, 3.8) is 0 Å². The van der Waals surface area contributed by atoms with E-state index in [-0.39, 0.29) is 0 Å². The smallest absolute Gasteiger partial charge is 0.0568 e. The number of benzene rings is 2. The van der Waals surface area contributed by atoms with Crippen LogP contribution in [-0.2, 0) is 12.8 Å². The maximum absolute atomic E-state index is 4.16. The molecule has 0 spiro atoms. The van der Waals surface area contributed by atoms with Crippen LogP contribution in [0, 0.1) is 0 Å². The second-order valence-electron chi connectivity index (χ2n) is 6.54. The number of allylic oxidation sites excluding steroid dienone is 2. The first-order chi connectivity index (χ1) is 12.8. The summed E-state index contributed by atoms with van der Waals surface area (Å²) in [6.45, 7) is 4.29. The summed E-state index contributed by atoms with van der Waals surface area (Å²) in [7, 11) is 0. The third-order valence-electron chi connectivity index (χ3n) is 4.34. The van der Waals surface area contributed by atoms with Crippen molar-refractivity contribution >= 4 is 12.4 Å². The number of hydrogen-bond acceptors (Lipinski definition) is 2. The molecule has 2 aromatic rings. The molecule has 0 N–H and O–H groups in total. The predicted molar refractivity (Wildman–Crippen MR) is 114 cm³/mol. The van der Waals surface area contributed by atoms with Crippen LogP contribution in [0.25, 0.3) is 0 Å². The van der Waals surface area contributed by atoms with Gasteiger partial charge in [-0.3, -0.25) is 0 Å². The molecule has 0 atom stereocenters. The lowest BCUT2D eigenvalue weighted by atomic mass is 10.1. The monoisotopic (exact) mass is 346 g/mol. The first-order valence-corrected chi connectivity index (χ1v) is 9.67. The highest BCUT2D eigenvalue weighted by Crippen LogP contribution is 2.08. The molecule has 0 bridgehead atoms. The Morgan fingerprint density at radius 3 is 1.77 bits per heavy atom. The van der Waals surface area contributed by atoms with Crippen molar-refractivity contribution in [3.8, 4) is 0 Å². The number of rotatable bonds is 10. The fourth-order valence-electron chi connectivity index (χ4n) is 2.74. The molecule has 26 heavy (non-hydrogen) atoms. The molecule has 0 aromatic heterocycles. The maximum Gasteiger partial charge on any atom is 0.0568 e. The van der Waals surface area contributed by atoms with E-state index in [0.717, 1.165) is 30.4 Å². The Morgan fingerprint density at radius 2 is 1.27 bits per heavy atom. The van der Waals surface area contributed by atoms with Gasteiger partial charge in [0, 0.05) is 0 Å². The molecule has 0 saturated heterocycles.